The van der Waals surface area contributed by atoms with E-state index < -0.39 is 37.3 Å². The Balaban J connectivity index is 2.17. The second-order valence-electron chi connectivity index (χ2n) is 5.19. The fraction of sp³-hybridized carbons (Fsp3) is 0.600. The summed E-state index contributed by atoms with van der Waals surface area (Å²) < 4.78 is 21.3. The highest BCUT2D eigenvalue weighted by Crippen LogP contribution is 2.34. The lowest BCUT2D eigenvalue weighted by molar-refractivity contribution is -0.284. The van der Waals surface area contributed by atoms with E-state index in [0.717, 1.165) is 0 Å². The summed E-state index contributed by atoms with van der Waals surface area (Å²) in [6.07, 6.45) is -5.93. The Kier molecular flexibility index (Phi) is 6.17. The maximum Gasteiger partial charge on any atom is 0.184 e. The standard InChI is InChI=1S/C15H22O8/c1-20-11-4-3-8(5-12(11)21-2)15-22-7-10(18)14(23-15)13(19)9(17)6-16/h3-5,9-10,13-19H,6-7H2,1-2H3/t9-,10+,13-,14-,15?/m1/s1. The predicted molar refractivity (Wildman–Crippen MR) is 78.2 cm³/mol. The largest absolute Gasteiger partial charge is 0.493 e. The Morgan fingerprint density at radius 1 is 1.22 bits per heavy atom. The Morgan fingerprint density at radius 2 is 1.91 bits per heavy atom. The van der Waals surface area contributed by atoms with Gasteiger partial charge in [-0.1, -0.05) is 6.07 Å². The summed E-state index contributed by atoms with van der Waals surface area (Å²) in [4.78, 5) is 0. The quantitative estimate of drug-likeness (QED) is 0.535. The highest BCUT2D eigenvalue weighted by atomic mass is 16.7. The third kappa shape index (κ3) is 3.92. The molecule has 1 heterocycles. The van der Waals surface area contributed by atoms with Gasteiger partial charge in [-0.05, 0) is 12.1 Å². The molecule has 0 amide bonds. The van der Waals surface area contributed by atoms with E-state index >= 15 is 0 Å². The van der Waals surface area contributed by atoms with Crippen LogP contribution in [0.3, 0.4) is 0 Å². The molecule has 0 aromatic heterocycles. The van der Waals surface area contributed by atoms with E-state index in [2.05, 4.69) is 0 Å². The Hall–Kier alpha value is -1.42. The zero-order chi connectivity index (χ0) is 17.0. The lowest BCUT2D eigenvalue weighted by atomic mass is 10.0. The topological polar surface area (TPSA) is 118 Å². The van der Waals surface area contributed by atoms with Gasteiger partial charge in [0.2, 0.25) is 0 Å². The predicted octanol–water partition coefficient (Wildman–Crippen LogP) is -0.807. The Bertz CT molecular complexity index is 508. The first kappa shape index (κ1) is 17.9. The van der Waals surface area contributed by atoms with Crippen LogP contribution < -0.4 is 9.47 Å². The highest BCUT2D eigenvalue weighted by molar-refractivity contribution is 5.43. The molecule has 1 aromatic rings. The average Bonchev–Trinajstić information content (AvgIpc) is 2.60. The van der Waals surface area contributed by atoms with Crippen LogP contribution in [0.1, 0.15) is 11.9 Å². The van der Waals surface area contributed by atoms with E-state index in [1.807, 2.05) is 0 Å². The van der Waals surface area contributed by atoms with E-state index in [1.165, 1.54) is 14.2 Å². The molecule has 0 radical (unpaired) electrons. The first-order chi connectivity index (χ1) is 11.0. The average molecular weight is 330 g/mol. The number of aliphatic hydroxyl groups excluding tert-OH is 4. The lowest BCUT2D eigenvalue weighted by Gasteiger charge is -2.37. The van der Waals surface area contributed by atoms with Crippen LogP contribution in [-0.2, 0) is 9.47 Å². The number of benzene rings is 1. The van der Waals surface area contributed by atoms with Crippen LogP contribution in [0, 0.1) is 0 Å². The molecule has 1 aliphatic rings. The second kappa shape index (κ2) is 7.91. The van der Waals surface area contributed by atoms with Crippen molar-refractivity contribution in [3.8, 4) is 11.5 Å². The first-order valence-electron chi connectivity index (χ1n) is 7.15. The Labute approximate surface area is 133 Å². The summed E-state index contributed by atoms with van der Waals surface area (Å²) in [6, 6.07) is 5.04. The zero-order valence-electron chi connectivity index (χ0n) is 13.0. The van der Waals surface area contributed by atoms with Crippen molar-refractivity contribution in [2.45, 2.75) is 30.7 Å². The van der Waals surface area contributed by atoms with E-state index in [9.17, 15) is 15.3 Å². The molecule has 8 nitrogen and oxygen atoms in total. The van der Waals surface area contributed by atoms with Gasteiger partial charge in [0, 0.05) is 5.56 Å². The van der Waals surface area contributed by atoms with Crippen LogP contribution in [0.5, 0.6) is 11.5 Å². The summed E-state index contributed by atoms with van der Waals surface area (Å²) in [5, 5.41) is 38.3. The molecule has 1 saturated heterocycles. The minimum atomic E-state index is -1.44. The van der Waals surface area contributed by atoms with Crippen molar-refractivity contribution in [3.63, 3.8) is 0 Å². The van der Waals surface area contributed by atoms with Crippen molar-refractivity contribution >= 4 is 0 Å². The summed E-state index contributed by atoms with van der Waals surface area (Å²) >= 11 is 0. The van der Waals surface area contributed by atoms with Gasteiger partial charge in [-0.15, -0.1) is 0 Å². The number of rotatable bonds is 6. The molecular weight excluding hydrogens is 308 g/mol. The van der Waals surface area contributed by atoms with Gasteiger partial charge in [0.15, 0.2) is 17.8 Å². The summed E-state index contributed by atoms with van der Waals surface area (Å²) in [7, 11) is 3.02. The monoisotopic (exact) mass is 330 g/mol. The van der Waals surface area contributed by atoms with Crippen LogP contribution in [0.4, 0.5) is 0 Å². The molecule has 0 spiro atoms. The van der Waals surface area contributed by atoms with Crippen molar-refractivity contribution < 1.29 is 39.4 Å². The number of methoxy groups -OCH3 is 2. The summed E-state index contributed by atoms with van der Waals surface area (Å²) in [5.74, 6) is 1.02. The number of ether oxygens (including phenoxy) is 4. The van der Waals surface area contributed by atoms with Gasteiger partial charge >= 0.3 is 0 Å². The highest BCUT2D eigenvalue weighted by Gasteiger charge is 2.39. The molecule has 1 unspecified atom stereocenters. The minimum Gasteiger partial charge on any atom is -0.493 e. The lowest BCUT2D eigenvalue weighted by Crippen LogP contribution is -2.52. The first-order valence-corrected chi connectivity index (χ1v) is 7.15. The van der Waals surface area contributed by atoms with Crippen molar-refractivity contribution in [3.05, 3.63) is 23.8 Å². The minimum absolute atomic E-state index is 0.0844. The summed E-state index contributed by atoms with van der Waals surface area (Å²) in [5.41, 5.74) is 0.602. The third-order valence-electron chi connectivity index (χ3n) is 3.68. The normalized spacial score (nSPS) is 27.3. The van der Waals surface area contributed by atoms with Gasteiger partial charge in [-0.3, -0.25) is 0 Å². The number of hydrogen-bond donors (Lipinski definition) is 4. The molecule has 8 heteroatoms. The van der Waals surface area contributed by atoms with Crippen LogP contribution in [0.2, 0.25) is 0 Å². The number of hydrogen-bond acceptors (Lipinski definition) is 8. The molecule has 0 saturated carbocycles. The molecule has 5 atom stereocenters. The third-order valence-corrected chi connectivity index (χ3v) is 3.68. The van der Waals surface area contributed by atoms with E-state index in [-0.39, 0.29) is 6.61 Å². The molecule has 0 aliphatic carbocycles. The van der Waals surface area contributed by atoms with Crippen molar-refractivity contribution in [2.24, 2.45) is 0 Å². The molecule has 23 heavy (non-hydrogen) atoms. The van der Waals surface area contributed by atoms with Crippen LogP contribution in [0.15, 0.2) is 18.2 Å². The Morgan fingerprint density at radius 3 is 2.52 bits per heavy atom. The fourth-order valence-electron chi connectivity index (χ4n) is 2.36. The van der Waals surface area contributed by atoms with Crippen LogP contribution >= 0.6 is 0 Å². The molecule has 1 aliphatic heterocycles. The molecule has 0 bridgehead atoms. The van der Waals surface area contributed by atoms with Gasteiger partial charge in [0.25, 0.3) is 0 Å². The van der Waals surface area contributed by atoms with Crippen LogP contribution in [0.25, 0.3) is 0 Å². The second-order valence-corrected chi connectivity index (χ2v) is 5.19. The maximum atomic E-state index is 9.97. The number of aliphatic hydroxyl groups is 4. The van der Waals surface area contributed by atoms with Crippen molar-refractivity contribution in [1.29, 1.82) is 0 Å². The van der Waals surface area contributed by atoms with E-state index in [4.69, 9.17) is 24.1 Å². The zero-order valence-corrected chi connectivity index (χ0v) is 13.0. The molecule has 130 valence electrons. The van der Waals surface area contributed by atoms with Crippen molar-refractivity contribution in [2.75, 3.05) is 27.4 Å². The van der Waals surface area contributed by atoms with Gasteiger partial charge in [-0.25, -0.2) is 0 Å². The van der Waals surface area contributed by atoms with Crippen molar-refractivity contribution in [1.82, 2.24) is 0 Å². The van der Waals surface area contributed by atoms with Gasteiger partial charge in [0.1, 0.15) is 24.4 Å². The van der Waals surface area contributed by atoms with Crippen LogP contribution in [-0.4, -0.2) is 72.3 Å². The van der Waals surface area contributed by atoms with Gasteiger partial charge < -0.3 is 39.4 Å². The fourth-order valence-corrected chi connectivity index (χ4v) is 2.36. The van der Waals surface area contributed by atoms with Gasteiger partial charge in [0.05, 0.1) is 27.4 Å². The van der Waals surface area contributed by atoms with Gasteiger partial charge in [-0.2, -0.15) is 0 Å². The van der Waals surface area contributed by atoms with E-state index in [1.54, 1.807) is 18.2 Å². The summed E-state index contributed by atoms with van der Waals surface area (Å²) in [6.45, 7) is -0.728. The molecule has 1 aromatic carbocycles. The molecule has 2 rings (SSSR count). The molecule has 4 N–H and O–H groups in total. The molecular formula is C15H22O8. The smallest absolute Gasteiger partial charge is 0.184 e. The SMILES string of the molecule is COc1ccc(C2OC[C@H](O)[C@H]([C@H](O)[C@H](O)CO)O2)cc1OC. The molecule has 1 fully saturated rings. The van der Waals surface area contributed by atoms with E-state index in [0.29, 0.717) is 17.1 Å². The maximum absolute atomic E-state index is 9.97.